The van der Waals surface area contributed by atoms with Crippen LogP contribution in [0.4, 0.5) is 0 Å². The molecule has 0 spiro atoms. The lowest BCUT2D eigenvalue weighted by molar-refractivity contribution is 0.0695. The van der Waals surface area contributed by atoms with Crippen LogP contribution in [0.15, 0.2) is 66.7 Å². The fourth-order valence-electron chi connectivity index (χ4n) is 4.47. The number of aryl methyl sites for hydroxylation is 2. The van der Waals surface area contributed by atoms with Gasteiger partial charge < -0.3 is 5.11 Å². The molecule has 0 aliphatic heterocycles. The molecule has 0 aromatic heterocycles. The number of carboxylic acids is 1. The van der Waals surface area contributed by atoms with Gasteiger partial charge in [0.05, 0.1) is 5.56 Å². The number of fused-ring (bicyclic) bond motifs is 1. The van der Waals surface area contributed by atoms with Gasteiger partial charge in [0.2, 0.25) is 0 Å². The van der Waals surface area contributed by atoms with Crippen LogP contribution in [0.5, 0.6) is 0 Å². The lowest BCUT2D eigenvalue weighted by Gasteiger charge is -2.32. The van der Waals surface area contributed by atoms with Gasteiger partial charge in [-0.25, -0.2) is 4.79 Å². The Kier molecular flexibility index (Phi) is 5.88. The van der Waals surface area contributed by atoms with Crippen molar-refractivity contribution < 1.29 is 9.90 Å². The van der Waals surface area contributed by atoms with Crippen LogP contribution in [0, 0.1) is 6.92 Å². The zero-order chi connectivity index (χ0) is 22.9. The molecule has 0 radical (unpaired) electrons. The molecule has 1 N–H and O–H groups in total. The van der Waals surface area contributed by atoms with Gasteiger partial charge in [-0.2, -0.15) is 0 Å². The molecule has 2 heteroatoms. The number of aromatic carboxylic acids is 1. The Labute approximate surface area is 190 Å². The topological polar surface area (TPSA) is 37.3 Å². The zero-order valence-corrected chi connectivity index (χ0v) is 19.3. The maximum absolute atomic E-state index is 11.4. The summed E-state index contributed by atoms with van der Waals surface area (Å²) >= 11 is 0. The van der Waals surface area contributed by atoms with E-state index in [1.54, 1.807) is 6.07 Å². The van der Waals surface area contributed by atoms with Crippen LogP contribution in [0.3, 0.4) is 0 Å². The van der Waals surface area contributed by atoms with Crippen LogP contribution in [-0.4, -0.2) is 11.1 Å². The Morgan fingerprint density at radius 3 is 2.28 bits per heavy atom. The first-order valence-electron chi connectivity index (χ1n) is 11.2. The van der Waals surface area contributed by atoms with E-state index in [9.17, 15) is 9.90 Å². The summed E-state index contributed by atoms with van der Waals surface area (Å²) in [5.41, 5.74) is 9.99. The first kappa shape index (κ1) is 21.8. The molecule has 0 atom stereocenters. The summed E-state index contributed by atoms with van der Waals surface area (Å²) < 4.78 is 0. The molecule has 0 saturated carbocycles. The molecule has 0 amide bonds. The van der Waals surface area contributed by atoms with Crippen molar-refractivity contribution in [3.8, 4) is 0 Å². The third-order valence-electron chi connectivity index (χ3n) is 6.45. The molecule has 4 rings (SSSR count). The first-order valence-corrected chi connectivity index (χ1v) is 11.2. The highest BCUT2D eigenvalue weighted by Crippen LogP contribution is 2.41. The fourth-order valence-corrected chi connectivity index (χ4v) is 4.47. The third-order valence-corrected chi connectivity index (χ3v) is 6.45. The first-order chi connectivity index (χ1) is 15.3. The van der Waals surface area contributed by atoms with Gasteiger partial charge in [0.25, 0.3) is 0 Å². The second-order valence-corrected chi connectivity index (χ2v) is 9.29. The number of carbonyl (C=O) groups is 1. The van der Waals surface area contributed by atoms with Crippen molar-refractivity contribution in [3.63, 3.8) is 0 Å². The maximum Gasteiger partial charge on any atom is 0.335 e. The SMILES string of the molecule is CCc1cc(C=Cc2ccc3c(c2)C(c2ccc(C)cc2)=CCC3(C)C)ccc1C(=O)O. The fraction of sp³-hybridized carbons (Fsp3) is 0.233. The zero-order valence-electron chi connectivity index (χ0n) is 19.3. The van der Waals surface area contributed by atoms with E-state index in [0.717, 1.165) is 23.1 Å². The molecule has 3 aromatic rings. The predicted octanol–water partition coefficient (Wildman–Crippen LogP) is 7.54. The van der Waals surface area contributed by atoms with Gasteiger partial charge in [0.15, 0.2) is 0 Å². The standard InChI is InChI=1S/C30H30O2/c1-5-23-18-21(10-14-26(23)29(31)32)8-9-22-11-15-28-27(19-22)25(16-17-30(28,3)4)24-12-6-20(2)7-13-24/h6-16,18-19H,5,17H2,1-4H3,(H,31,32). The largest absolute Gasteiger partial charge is 0.478 e. The molecule has 1 aliphatic carbocycles. The summed E-state index contributed by atoms with van der Waals surface area (Å²) in [7, 11) is 0. The van der Waals surface area contributed by atoms with Crippen LogP contribution < -0.4 is 0 Å². The second kappa shape index (κ2) is 8.63. The van der Waals surface area contributed by atoms with Gasteiger partial charge >= 0.3 is 5.97 Å². The number of hydrogen-bond acceptors (Lipinski definition) is 1. The second-order valence-electron chi connectivity index (χ2n) is 9.29. The highest BCUT2D eigenvalue weighted by Gasteiger charge is 2.28. The van der Waals surface area contributed by atoms with Gasteiger partial charge in [-0.3, -0.25) is 0 Å². The van der Waals surface area contributed by atoms with E-state index in [0.29, 0.717) is 12.0 Å². The van der Waals surface area contributed by atoms with Gasteiger partial charge in [-0.1, -0.05) is 93.1 Å². The Morgan fingerprint density at radius 1 is 0.969 bits per heavy atom. The minimum atomic E-state index is -0.870. The Bertz CT molecular complexity index is 1220. The van der Waals surface area contributed by atoms with E-state index < -0.39 is 5.97 Å². The molecule has 0 heterocycles. The van der Waals surface area contributed by atoms with Crippen LogP contribution in [-0.2, 0) is 11.8 Å². The normalized spacial score (nSPS) is 14.8. The van der Waals surface area contributed by atoms with Crippen molar-refractivity contribution in [2.45, 2.75) is 46.0 Å². The lowest BCUT2D eigenvalue weighted by Crippen LogP contribution is -2.21. The number of allylic oxidation sites excluding steroid dienone is 1. The lowest BCUT2D eigenvalue weighted by atomic mass is 9.72. The molecule has 162 valence electrons. The van der Waals surface area contributed by atoms with E-state index in [4.69, 9.17) is 0 Å². The number of rotatable bonds is 5. The summed E-state index contributed by atoms with van der Waals surface area (Å²) in [6.45, 7) is 8.71. The van der Waals surface area contributed by atoms with E-state index in [-0.39, 0.29) is 5.41 Å². The summed E-state index contributed by atoms with van der Waals surface area (Å²) in [5, 5.41) is 9.36. The molecular weight excluding hydrogens is 392 g/mol. The number of carboxylic acid groups (broad SMARTS) is 1. The summed E-state index contributed by atoms with van der Waals surface area (Å²) in [6, 6.07) is 21.0. The molecular formula is C30H30O2. The minimum absolute atomic E-state index is 0.106. The van der Waals surface area contributed by atoms with E-state index in [1.165, 1.54) is 27.8 Å². The molecule has 0 fully saturated rings. The summed E-state index contributed by atoms with van der Waals surface area (Å²) in [5.74, 6) is -0.870. The summed E-state index contributed by atoms with van der Waals surface area (Å²) in [6.07, 6.45) is 8.27. The van der Waals surface area contributed by atoms with Gasteiger partial charge in [-0.05, 0) is 76.3 Å². The molecule has 3 aromatic carbocycles. The smallest absolute Gasteiger partial charge is 0.335 e. The molecule has 0 unspecified atom stereocenters. The van der Waals surface area contributed by atoms with E-state index in [2.05, 4.69) is 81.5 Å². The highest BCUT2D eigenvalue weighted by molar-refractivity contribution is 5.90. The van der Waals surface area contributed by atoms with Gasteiger partial charge in [0, 0.05) is 0 Å². The average Bonchev–Trinajstić information content (AvgIpc) is 2.78. The molecule has 32 heavy (non-hydrogen) atoms. The Balaban J connectivity index is 1.71. The van der Waals surface area contributed by atoms with Crippen molar-refractivity contribution in [2.24, 2.45) is 0 Å². The van der Waals surface area contributed by atoms with Crippen molar-refractivity contribution in [1.82, 2.24) is 0 Å². The number of benzene rings is 3. The average molecular weight is 423 g/mol. The number of hydrogen-bond donors (Lipinski definition) is 1. The van der Waals surface area contributed by atoms with Crippen LogP contribution in [0.25, 0.3) is 17.7 Å². The maximum atomic E-state index is 11.4. The van der Waals surface area contributed by atoms with Crippen LogP contribution in [0.1, 0.15) is 76.5 Å². The molecule has 0 saturated heterocycles. The summed E-state index contributed by atoms with van der Waals surface area (Å²) in [4.78, 5) is 11.4. The van der Waals surface area contributed by atoms with E-state index >= 15 is 0 Å². The van der Waals surface area contributed by atoms with Gasteiger partial charge in [0.1, 0.15) is 0 Å². The monoisotopic (exact) mass is 422 g/mol. The van der Waals surface area contributed by atoms with Crippen molar-refractivity contribution in [2.75, 3.05) is 0 Å². The minimum Gasteiger partial charge on any atom is -0.478 e. The Hall–Kier alpha value is -3.39. The third kappa shape index (κ3) is 4.31. The highest BCUT2D eigenvalue weighted by atomic mass is 16.4. The van der Waals surface area contributed by atoms with Crippen molar-refractivity contribution in [1.29, 1.82) is 0 Å². The van der Waals surface area contributed by atoms with E-state index in [1.807, 2.05) is 19.1 Å². The van der Waals surface area contributed by atoms with Crippen molar-refractivity contribution in [3.05, 3.63) is 111 Å². The van der Waals surface area contributed by atoms with Gasteiger partial charge in [-0.15, -0.1) is 0 Å². The molecule has 1 aliphatic rings. The molecule has 2 nitrogen and oxygen atoms in total. The molecule has 0 bridgehead atoms. The van der Waals surface area contributed by atoms with Crippen LogP contribution >= 0.6 is 0 Å². The Morgan fingerprint density at radius 2 is 1.62 bits per heavy atom. The quantitative estimate of drug-likeness (QED) is 0.431. The predicted molar refractivity (Wildman–Crippen MR) is 134 cm³/mol. The van der Waals surface area contributed by atoms with Crippen LogP contribution in [0.2, 0.25) is 0 Å². The van der Waals surface area contributed by atoms with Crippen molar-refractivity contribution >= 4 is 23.7 Å².